The fraction of sp³-hybridized carbons (Fsp3) is 0. The molecule has 0 fully saturated rings. The Labute approximate surface area is 78.5 Å². The SMILES string of the molecule is Fc1ccc(F)c(-c2cnccn2)n1. The molecule has 0 saturated carbocycles. The van der Waals surface area contributed by atoms with Gasteiger partial charge in [0.1, 0.15) is 11.4 Å². The van der Waals surface area contributed by atoms with E-state index in [0.29, 0.717) is 0 Å². The Bertz CT molecular complexity index is 445. The molecule has 2 aromatic heterocycles. The van der Waals surface area contributed by atoms with Crippen molar-refractivity contribution in [2.24, 2.45) is 0 Å². The lowest BCUT2D eigenvalue weighted by atomic mass is 10.2. The van der Waals surface area contributed by atoms with Gasteiger partial charge in [0.05, 0.1) is 6.20 Å². The molecule has 0 spiro atoms. The largest absolute Gasteiger partial charge is 0.261 e. The monoisotopic (exact) mass is 193 g/mol. The summed E-state index contributed by atoms with van der Waals surface area (Å²) < 4.78 is 25.9. The summed E-state index contributed by atoms with van der Waals surface area (Å²) in [6.07, 6.45) is 4.16. The highest BCUT2D eigenvalue weighted by atomic mass is 19.1. The first-order chi connectivity index (χ1) is 6.77. The van der Waals surface area contributed by atoms with Gasteiger partial charge in [-0.1, -0.05) is 0 Å². The summed E-state index contributed by atoms with van der Waals surface area (Å²) in [5, 5.41) is 0. The molecule has 0 N–H and O–H groups in total. The van der Waals surface area contributed by atoms with Gasteiger partial charge in [-0.3, -0.25) is 9.97 Å². The average molecular weight is 193 g/mol. The van der Waals surface area contributed by atoms with Crippen LogP contribution in [0.15, 0.2) is 30.7 Å². The van der Waals surface area contributed by atoms with Crippen LogP contribution in [-0.4, -0.2) is 15.0 Å². The van der Waals surface area contributed by atoms with Crippen LogP contribution in [-0.2, 0) is 0 Å². The highest BCUT2D eigenvalue weighted by Crippen LogP contribution is 2.16. The van der Waals surface area contributed by atoms with Gasteiger partial charge >= 0.3 is 0 Å². The van der Waals surface area contributed by atoms with E-state index < -0.39 is 11.8 Å². The quantitative estimate of drug-likeness (QED) is 0.648. The lowest BCUT2D eigenvalue weighted by molar-refractivity contribution is 0.563. The molecule has 3 nitrogen and oxygen atoms in total. The smallest absolute Gasteiger partial charge is 0.213 e. The second-order valence-corrected chi connectivity index (χ2v) is 2.56. The molecule has 0 aliphatic heterocycles. The highest BCUT2D eigenvalue weighted by Gasteiger charge is 2.08. The molecule has 0 atom stereocenters. The molecule has 5 heteroatoms. The van der Waals surface area contributed by atoms with Crippen LogP contribution in [0.25, 0.3) is 11.4 Å². The molecule has 0 amide bonds. The second kappa shape index (κ2) is 3.45. The van der Waals surface area contributed by atoms with E-state index in [-0.39, 0.29) is 11.4 Å². The number of nitrogens with zero attached hydrogens (tertiary/aromatic N) is 3. The predicted molar refractivity (Wildman–Crippen MR) is 45.2 cm³/mol. The molecule has 0 aliphatic carbocycles. The summed E-state index contributed by atoms with van der Waals surface area (Å²) in [6, 6.07) is 1.96. The first kappa shape index (κ1) is 8.68. The second-order valence-electron chi connectivity index (χ2n) is 2.56. The van der Waals surface area contributed by atoms with Crippen molar-refractivity contribution in [1.29, 1.82) is 0 Å². The van der Waals surface area contributed by atoms with E-state index >= 15 is 0 Å². The topological polar surface area (TPSA) is 38.7 Å². The number of hydrogen-bond acceptors (Lipinski definition) is 3. The van der Waals surface area contributed by atoms with E-state index in [1.54, 1.807) is 0 Å². The third-order valence-corrected chi connectivity index (χ3v) is 1.62. The van der Waals surface area contributed by atoms with Gasteiger partial charge in [0.2, 0.25) is 5.95 Å². The van der Waals surface area contributed by atoms with E-state index in [0.717, 1.165) is 12.1 Å². The van der Waals surface area contributed by atoms with Crippen molar-refractivity contribution in [1.82, 2.24) is 15.0 Å². The van der Waals surface area contributed by atoms with E-state index in [4.69, 9.17) is 0 Å². The minimum absolute atomic E-state index is 0.127. The Hall–Kier alpha value is -1.91. The maximum absolute atomic E-state index is 13.2. The molecular weight excluding hydrogens is 188 g/mol. The van der Waals surface area contributed by atoms with Crippen LogP contribution in [0.4, 0.5) is 8.78 Å². The molecule has 0 unspecified atom stereocenters. The standard InChI is InChI=1S/C9H5F2N3/c10-6-1-2-8(11)14-9(6)7-5-12-3-4-13-7/h1-5H. The molecule has 0 aliphatic rings. The lowest BCUT2D eigenvalue weighted by Gasteiger charge is -1.99. The molecular formula is C9H5F2N3. The fourth-order valence-electron chi connectivity index (χ4n) is 1.02. The third kappa shape index (κ3) is 1.56. The zero-order valence-corrected chi connectivity index (χ0v) is 6.98. The van der Waals surface area contributed by atoms with Crippen molar-refractivity contribution in [2.45, 2.75) is 0 Å². The summed E-state index contributed by atoms with van der Waals surface area (Å²) >= 11 is 0. The zero-order valence-electron chi connectivity index (χ0n) is 6.98. The van der Waals surface area contributed by atoms with Gasteiger partial charge < -0.3 is 0 Å². The van der Waals surface area contributed by atoms with Crippen molar-refractivity contribution < 1.29 is 8.78 Å². The van der Waals surface area contributed by atoms with Crippen LogP contribution in [0.3, 0.4) is 0 Å². The minimum atomic E-state index is -0.743. The molecule has 2 aromatic rings. The van der Waals surface area contributed by atoms with Crippen LogP contribution >= 0.6 is 0 Å². The van der Waals surface area contributed by atoms with Crippen LogP contribution in [0.1, 0.15) is 0 Å². The molecule has 0 bridgehead atoms. The Morgan fingerprint density at radius 3 is 2.64 bits per heavy atom. The number of rotatable bonds is 1. The summed E-state index contributed by atoms with van der Waals surface area (Å²) in [7, 11) is 0. The molecule has 0 radical (unpaired) electrons. The van der Waals surface area contributed by atoms with Crippen LogP contribution in [0, 0.1) is 11.8 Å². The predicted octanol–water partition coefficient (Wildman–Crippen LogP) is 1.82. The molecule has 0 aromatic carbocycles. The summed E-state index contributed by atoms with van der Waals surface area (Å²) in [6.45, 7) is 0. The lowest BCUT2D eigenvalue weighted by Crippen LogP contribution is -1.94. The molecule has 70 valence electrons. The van der Waals surface area contributed by atoms with Gasteiger partial charge in [-0.15, -0.1) is 0 Å². The van der Waals surface area contributed by atoms with Crippen molar-refractivity contribution >= 4 is 0 Å². The van der Waals surface area contributed by atoms with E-state index in [1.807, 2.05) is 0 Å². The van der Waals surface area contributed by atoms with Gasteiger partial charge in [-0.05, 0) is 12.1 Å². The normalized spacial score (nSPS) is 10.1. The minimum Gasteiger partial charge on any atom is -0.261 e. The molecule has 14 heavy (non-hydrogen) atoms. The van der Waals surface area contributed by atoms with Crippen molar-refractivity contribution in [2.75, 3.05) is 0 Å². The van der Waals surface area contributed by atoms with Gasteiger partial charge in [-0.25, -0.2) is 9.37 Å². The van der Waals surface area contributed by atoms with Crippen molar-refractivity contribution in [3.63, 3.8) is 0 Å². The zero-order chi connectivity index (χ0) is 9.97. The summed E-state index contributed by atoms with van der Waals surface area (Å²) in [5.41, 5.74) is 0.0857. The van der Waals surface area contributed by atoms with Crippen LogP contribution in [0.2, 0.25) is 0 Å². The first-order valence-corrected chi connectivity index (χ1v) is 3.86. The Morgan fingerprint density at radius 1 is 1.07 bits per heavy atom. The Morgan fingerprint density at radius 2 is 1.93 bits per heavy atom. The number of hydrogen-bond donors (Lipinski definition) is 0. The van der Waals surface area contributed by atoms with Crippen LogP contribution < -0.4 is 0 Å². The van der Waals surface area contributed by atoms with E-state index in [9.17, 15) is 8.78 Å². The first-order valence-electron chi connectivity index (χ1n) is 3.86. The number of halogens is 2. The molecule has 2 heterocycles. The van der Waals surface area contributed by atoms with E-state index in [2.05, 4.69) is 15.0 Å². The maximum Gasteiger partial charge on any atom is 0.213 e. The molecule has 2 rings (SSSR count). The van der Waals surface area contributed by atoms with Gasteiger partial charge in [0, 0.05) is 12.4 Å². The molecule has 0 saturated heterocycles. The van der Waals surface area contributed by atoms with Gasteiger partial charge in [0.15, 0.2) is 5.82 Å². The van der Waals surface area contributed by atoms with Gasteiger partial charge in [0.25, 0.3) is 0 Å². The summed E-state index contributed by atoms with van der Waals surface area (Å²) in [4.78, 5) is 11.0. The van der Waals surface area contributed by atoms with Crippen molar-refractivity contribution in [3.8, 4) is 11.4 Å². The average Bonchev–Trinajstić information content (AvgIpc) is 2.23. The summed E-state index contributed by atoms with van der Waals surface area (Å²) in [5.74, 6) is -1.36. The Balaban J connectivity index is 2.57. The Kier molecular flexibility index (Phi) is 2.14. The number of pyridine rings is 1. The maximum atomic E-state index is 13.2. The highest BCUT2D eigenvalue weighted by molar-refractivity contribution is 5.52. The number of aromatic nitrogens is 3. The van der Waals surface area contributed by atoms with Crippen LogP contribution in [0.5, 0.6) is 0 Å². The third-order valence-electron chi connectivity index (χ3n) is 1.62. The van der Waals surface area contributed by atoms with Gasteiger partial charge in [-0.2, -0.15) is 4.39 Å². The van der Waals surface area contributed by atoms with E-state index in [1.165, 1.54) is 18.6 Å². The van der Waals surface area contributed by atoms with Crippen molar-refractivity contribution in [3.05, 3.63) is 42.5 Å². The fourth-order valence-corrected chi connectivity index (χ4v) is 1.02.